The molecule has 0 aliphatic heterocycles. The quantitative estimate of drug-likeness (QED) is 0.530. The number of esters is 2. The summed E-state index contributed by atoms with van der Waals surface area (Å²) in [7, 11) is 3.03. The number of carbonyl (C=O) groups is 3. The van der Waals surface area contributed by atoms with E-state index in [0.29, 0.717) is 28.8 Å². The van der Waals surface area contributed by atoms with E-state index < -0.39 is 5.97 Å². The first-order valence-electron chi connectivity index (χ1n) is 8.09. The molecule has 2 rings (SSSR count). The number of anilines is 1. The molecule has 0 fully saturated rings. The number of benzene rings is 1. The number of methoxy groups -OCH3 is 1. The fourth-order valence-corrected chi connectivity index (χ4v) is 2.83. The molecule has 27 heavy (non-hydrogen) atoms. The number of hydrogen-bond donors (Lipinski definition) is 1. The van der Waals surface area contributed by atoms with Crippen LogP contribution in [0.25, 0.3) is 0 Å². The number of ether oxygens (including phenoxy) is 2. The smallest absolute Gasteiger partial charge is 0.337 e. The highest BCUT2D eigenvalue weighted by Crippen LogP contribution is 2.17. The van der Waals surface area contributed by atoms with E-state index in [1.165, 1.54) is 18.9 Å². The Hall–Kier alpha value is -2.88. The number of thioether (sulfide) groups is 1. The van der Waals surface area contributed by atoms with Gasteiger partial charge in [0.25, 0.3) is 0 Å². The Morgan fingerprint density at radius 3 is 2.52 bits per heavy atom. The van der Waals surface area contributed by atoms with Crippen molar-refractivity contribution in [2.45, 2.75) is 18.5 Å². The van der Waals surface area contributed by atoms with Gasteiger partial charge in [0.2, 0.25) is 5.91 Å². The lowest BCUT2D eigenvalue weighted by atomic mass is 10.2. The number of nitrogens with zero attached hydrogens (tertiary/aromatic N) is 3. The van der Waals surface area contributed by atoms with E-state index in [9.17, 15) is 14.4 Å². The van der Waals surface area contributed by atoms with Crippen LogP contribution in [0.5, 0.6) is 0 Å². The summed E-state index contributed by atoms with van der Waals surface area (Å²) in [5.74, 6) is -0.470. The van der Waals surface area contributed by atoms with Crippen LogP contribution in [0, 0.1) is 0 Å². The van der Waals surface area contributed by atoms with Gasteiger partial charge in [0.15, 0.2) is 5.16 Å². The van der Waals surface area contributed by atoms with Crippen molar-refractivity contribution in [2.75, 3.05) is 24.8 Å². The van der Waals surface area contributed by atoms with Crippen LogP contribution in [0.15, 0.2) is 29.4 Å². The number of amides is 1. The lowest BCUT2D eigenvalue weighted by Crippen LogP contribution is -2.15. The molecule has 0 unspecified atom stereocenters. The van der Waals surface area contributed by atoms with Crippen molar-refractivity contribution < 1.29 is 23.9 Å². The summed E-state index contributed by atoms with van der Waals surface area (Å²) in [5, 5.41) is 11.2. The molecule has 0 radical (unpaired) electrons. The van der Waals surface area contributed by atoms with E-state index >= 15 is 0 Å². The molecule has 2 aromatic rings. The van der Waals surface area contributed by atoms with Gasteiger partial charge in [-0.1, -0.05) is 11.8 Å². The summed E-state index contributed by atoms with van der Waals surface area (Å²) >= 11 is 1.20. The summed E-state index contributed by atoms with van der Waals surface area (Å²) < 4.78 is 11.2. The van der Waals surface area contributed by atoms with Gasteiger partial charge in [-0.05, 0) is 31.2 Å². The lowest BCUT2D eigenvalue weighted by Gasteiger charge is -2.06. The molecule has 0 atom stereocenters. The summed E-state index contributed by atoms with van der Waals surface area (Å²) in [6, 6.07) is 6.38. The Morgan fingerprint density at radius 2 is 1.89 bits per heavy atom. The molecular formula is C17H20N4O5S. The van der Waals surface area contributed by atoms with Gasteiger partial charge in [-0.15, -0.1) is 10.2 Å². The molecular weight excluding hydrogens is 372 g/mol. The van der Waals surface area contributed by atoms with Gasteiger partial charge in [0.05, 0.1) is 25.0 Å². The highest BCUT2D eigenvalue weighted by Gasteiger charge is 2.15. The van der Waals surface area contributed by atoms with Crippen molar-refractivity contribution in [2.24, 2.45) is 7.05 Å². The monoisotopic (exact) mass is 392 g/mol. The molecule has 0 saturated carbocycles. The van der Waals surface area contributed by atoms with E-state index in [-0.39, 0.29) is 24.1 Å². The number of carbonyl (C=O) groups excluding carboxylic acids is 3. The van der Waals surface area contributed by atoms with Crippen LogP contribution in [0.3, 0.4) is 0 Å². The van der Waals surface area contributed by atoms with Gasteiger partial charge in [0, 0.05) is 12.7 Å². The fourth-order valence-electron chi connectivity index (χ4n) is 2.10. The van der Waals surface area contributed by atoms with Gasteiger partial charge in [0.1, 0.15) is 12.2 Å². The van der Waals surface area contributed by atoms with Crippen LogP contribution in [-0.4, -0.2) is 52.1 Å². The predicted octanol–water partition coefficient (Wildman–Crippen LogP) is 1.44. The topological polar surface area (TPSA) is 112 Å². The van der Waals surface area contributed by atoms with Crippen molar-refractivity contribution in [1.29, 1.82) is 0 Å². The van der Waals surface area contributed by atoms with Crippen molar-refractivity contribution in [3.63, 3.8) is 0 Å². The average molecular weight is 392 g/mol. The molecule has 10 heteroatoms. The molecule has 1 aromatic heterocycles. The average Bonchev–Trinajstić information content (AvgIpc) is 3.00. The first-order valence-corrected chi connectivity index (χ1v) is 9.08. The normalized spacial score (nSPS) is 10.3. The van der Waals surface area contributed by atoms with E-state index in [4.69, 9.17) is 4.74 Å². The second-order valence-electron chi connectivity index (χ2n) is 5.35. The molecule has 1 aromatic carbocycles. The maximum Gasteiger partial charge on any atom is 0.337 e. The highest BCUT2D eigenvalue weighted by molar-refractivity contribution is 7.99. The Kier molecular flexibility index (Phi) is 7.35. The highest BCUT2D eigenvalue weighted by atomic mass is 32.2. The number of aromatic nitrogens is 3. The standard InChI is InChI=1S/C17H20N4O5S/c1-4-26-15(23)9-13-19-20-17(21(13)2)27-10-14(22)18-12-7-5-11(6-8-12)16(24)25-3/h5-8H,4,9-10H2,1-3H3,(H,18,22). The van der Waals surface area contributed by atoms with Crippen LogP contribution < -0.4 is 5.32 Å². The second-order valence-corrected chi connectivity index (χ2v) is 6.29. The van der Waals surface area contributed by atoms with Gasteiger partial charge >= 0.3 is 11.9 Å². The Morgan fingerprint density at radius 1 is 1.19 bits per heavy atom. The van der Waals surface area contributed by atoms with Crippen LogP contribution in [-0.2, 0) is 32.5 Å². The summed E-state index contributed by atoms with van der Waals surface area (Å²) in [6.07, 6.45) is 0.0244. The third kappa shape index (κ3) is 5.81. The third-order valence-corrected chi connectivity index (χ3v) is 4.48. The zero-order chi connectivity index (χ0) is 19.8. The van der Waals surface area contributed by atoms with Gasteiger partial charge in [-0.25, -0.2) is 4.79 Å². The summed E-state index contributed by atoms with van der Waals surface area (Å²) in [6.45, 7) is 2.04. The van der Waals surface area contributed by atoms with E-state index in [1.54, 1.807) is 42.8 Å². The minimum atomic E-state index is -0.440. The predicted molar refractivity (Wildman–Crippen MR) is 98.5 cm³/mol. The number of nitrogens with one attached hydrogen (secondary N) is 1. The molecule has 0 aliphatic rings. The third-order valence-electron chi connectivity index (χ3n) is 3.45. The fraction of sp³-hybridized carbons (Fsp3) is 0.353. The van der Waals surface area contributed by atoms with Gasteiger partial charge in [-0.3, -0.25) is 9.59 Å². The van der Waals surface area contributed by atoms with Crippen molar-refractivity contribution in [3.8, 4) is 0 Å². The van der Waals surface area contributed by atoms with Crippen LogP contribution in [0.4, 0.5) is 5.69 Å². The summed E-state index contributed by atoms with van der Waals surface area (Å²) in [4.78, 5) is 35.0. The molecule has 9 nitrogen and oxygen atoms in total. The molecule has 0 saturated heterocycles. The Bertz CT molecular complexity index is 819. The number of rotatable bonds is 8. The summed E-state index contributed by atoms with van der Waals surface area (Å²) in [5.41, 5.74) is 0.965. The minimum absolute atomic E-state index is 0.0244. The maximum absolute atomic E-state index is 12.1. The Labute approximate surface area is 160 Å². The molecule has 1 N–H and O–H groups in total. The molecule has 1 heterocycles. The maximum atomic E-state index is 12.1. The first kappa shape index (κ1) is 20.4. The SMILES string of the molecule is CCOC(=O)Cc1nnc(SCC(=O)Nc2ccc(C(=O)OC)cc2)n1C. The second kappa shape index (κ2) is 9.72. The lowest BCUT2D eigenvalue weighted by molar-refractivity contribution is -0.142. The molecule has 0 spiro atoms. The zero-order valence-electron chi connectivity index (χ0n) is 15.2. The molecule has 144 valence electrons. The van der Waals surface area contributed by atoms with Crippen molar-refractivity contribution >= 4 is 35.3 Å². The van der Waals surface area contributed by atoms with Crippen molar-refractivity contribution in [3.05, 3.63) is 35.7 Å². The van der Waals surface area contributed by atoms with Gasteiger partial charge in [-0.2, -0.15) is 0 Å². The van der Waals surface area contributed by atoms with Crippen LogP contribution in [0.1, 0.15) is 23.1 Å². The number of hydrogen-bond acceptors (Lipinski definition) is 8. The first-order chi connectivity index (χ1) is 12.9. The minimum Gasteiger partial charge on any atom is -0.466 e. The van der Waals surface area contributed by atoms with Crippen molar-refractivity contribution in [1.82, 2.24) is 14.8 Å². The Balaban J connectivity index is 1.87. The van der Waals surface area contributed by atoms with Crippen LogP contribution >= 0.6 is 11.8 Å². The molecule has 0 bridgehead atoms. The molecule has 0 aliphatic carbocycles. The van der Waals surface area contributed by atoms with E-state index in [2.05, 4.69) is 20.3 Å². The van der Waals surface area contributed by atoms with E-state index in [0.717, 1.165) is 0 Å². The largest absolute Gasteiger partial charge is 0.466 e. The van der Waals surface area contributed by atoms with Crippen LogP contribution in [0.2, 0.25) is 0 Å². The van der Waals surface area contributed by atoms with Gasteiger partial charge < -0.3 is 19.4 Å². The van der Waals surface area contributed by atoms with E-state index in [1.807, 2.05) is 0 Å². The molecule has 1 amide bonds. The zero-order valence-corrected chi connectivity index (χ0v) is 16.0.